The molecule has 2 aliphatic heterocycles. The van der Waals surface area contributed by atoms with Gasteiger partial charge in [0.1, 0.15) is 0 Å². The summed E-state index contributed by atoms with van der Waals surface area (Å²) >= 11 is 0. The second kappa shape index (κ2) is 5.28. The first kappa shape index (κ1) is 11.4. The molecule has 2 rings (SSSR count). The molecule has 88 valence electrons. The van der Waals surface area contributed by atoms with Crippen molar-refractivity contribution in [3.05, 3.63) is 0 Å². The number of ether oxygens (including phenoxy) is 1. The van der Waals surface area contributed by atoms with Crippen LogP contribution in [0.2, 0.25) is 0 Å². The number of rotatable bonds is 5. The first-order chi connectivity index (χ1) is 7.29. The van der Waals surface area contributed by atoms with E-state index in [9.17, 15) is 0 Å². The number of fused-ring (bicyclic) bond motifs is 2. The van der Waals surface area contributed by atoms with Gasteiger partial charge < -0.3 is 15.0 Å². The lowest BCUT2D eigenvalue weighted by molar-refractivity contribution is 0.113. The van der Waals surface area contributed by atoms with Crippen molar-refractivity contribution in [2.75, 3.05) is 32.8 Å². The molecular weight excluding hydrogens is 188 g/mol. The molecule has 0 amide bonds. The van der Waals surface area contributed by atoms with Crippen molar-refractivity contribution in [3.8, 4) is 0 Å². The molecule has 2 bridgehead atoms. The SMILES string of the molecule is CCOCC(C)NC1CCN2CCC1C2. The zero-order chi connectivity index (χ0) is 10.7. The Bertz CT molecular complexity index is 198. The van der Waals surface area contributed by atoms with E-state index in [-0.39, 0.29) is 0 Å². The van der Waals surface area contributed by atoms with E-state index >= 15 is 0 Å². The predicted octanol–water partition coefficient (Wildman–Crippen LogP) is 1.10. The minimum atomic E-state index is 0.502. The van der Waals surface area contributed by atoms with Crippen LogP contribution in [0.15, 0.2) is 0 Å². The van der Waals surface area contributed by atoms with Crippen molar-refractivity contribution in [3.63, 3.8) is 0 Å². The second-order valence-electron chi connectivity index (χ2n) is 4.97. The summed E-state index contributed by atoms with van der Waals surface area (Å²) in [4.78, 5) is 2.59. The maximum absolute atomic E-state index is 5.44. The molecule has 2 heterocycles. The molecule has 0 aromatic heterocycles. The molecule has 1 N–H and O–H groups in total. The molecule has 2 fully saturated rings. The Morgan fingerprint density at radius 3 is 3.00 bits per heavy atom. The van der Waals surface area contributed by atoms with Crippen LogP contribution in [0.5, 0.6) is 0 Å². The predicted molar refractivity (Wildman–Crippen MR) is 62.0 cm³/mol. The molecule has 4 atom stereocenters. The number of piperidine rings is 1. The molecule has 0 saturated carbocycles. The number of hydrogen-bond donors (Lipinski definition) is 1. The van der Waals surface area contributed by atoms with E-state index in [4.69, 9.17) is 4.74 Å². The minimum absolute atomic E-state index is 0.502. The molecule has 15 heavy (non-hydrogen) atoms. The fraction of sp³-hybridized carbons (Fsp3) is 1.00. The van der Waals surface area contributed by atoms with Crippen LogP contribution in [0, 0.1) is 5.92 Å². The van der Waals surface area contributed by atoms with Crippen molar-refractivity contribution in [1.29, 1.82) is 0 Å². The Morgan fingerprint density at radius 1 is 1.40 bits per heavy atom. The average molecular weight is 212 g/mol. The van der Waals surface area contributed by atoms with Gasteiger partial charge in [-0.2, -0.15) is 0 Å². The molecule has 0 spiro atoms. The van der Waals surface area contributed by atoms with Gasteiger partial charge in [0.15, 0.2) is 0 Å². The fourth-order valence-corrected chi connectivity index (χ4v) is 2.88. The van der Waals surface area contributed by atoms with Gasteiger partial charge in [-0.3, -0.25) is 0 Å². The average Bonchev–Trinajstić information content (AvgIpc) is 2.63. The van der Waals surface area contributed by atoms with E-state index in [0.29, 0.717) is 6.04 Å². The third kappa shape index (κ3) is 2.92. The summed E-state index contributed by atoms with van der Waals surface area (Å²) in [5.41, 5.74) is 0. The van der Waals surface area contributed by atoms with Crippen molar-refractivity contribution in [2.24, 2.45) is 5.92 Å². The number of nitrogens with one attached hydrogen (secondary N) is 1. The Balaban J connectivity index is 1.73. The van der Waals surface area contributed by atoms with Gasteiger partial charge >= 0.3 is 0 Å². The van der Waals surface area contributed by atoms with Crippen LogP contribution in [0.25, 0.3) is 0 Å². The standard InChI is InChI=1S/C12H24N2O/c1-3-15-9-10(2)13-12-5-7-14-6-4-11(12)8-14/h10-13H,3-9H2,1-2H3. The highest BCUT2D eigenvalue weighted by Crippen LogP contribution is 2.27. The third-order valence-electron chi connectivity index (χ3n) is 3.70. The topological polar surface area (TPSA) is 24.5 Å². The largest absolute Gasteiger partial charge is 0.380 e. The van der Waals surface area contributed by atoms with Gasteiger partial charge in [0.25, 0.3) is 0 Å². The summed E-state index contributed by atoms with van der Waals surface area (Å²) in [5, 5.41) is 3.73. The maximum atomic E-state index is 5.44. The first-order valence-electron chi connectivity index (χ1n) is 6.35. The van der Waals surface area contributed by atoms with Crippen LogP contribution in [0.3, 0.4) is 0 Å². The quantitative estimate of drug-likeness (QED) is 0.738. The zero-order valence-corrected chi connectivity index (χ0v) is 10.0. The molecule has 3 nitrogen and oxygen atoms in total. The van der Waals surface area contributed by atoms with Gasteiger partial charge in [-0.15, -0.1) is 0 Å². The summed E-state index contributed by atoms with van der Waals surface area (Å²) in [7, 11) is 0. The molecule has 0 aliphatic carbocycles. The first-order valence-corrected chi connectivity index (χ1v) is 6.35. The molecule has 0 aromatic rings. The smallest absolute Gasteiger partial charge is 0.0616 e. The summed E-state index contributed by atoms with van der Waals surface area (Å²) in [5.74, 6) is 0.892. The summed E-state index contributed by atoms with van der Waals surface area (Å²) in [6, 6.07) is 1.24. The molecule has 2 saturated heterocycles. The van der Waals surface area contributed by atoms with Gasteiger partial charge in [0, 0.05) is 25.2 Å². The van der Waals surface area contributed by atoms with Crippen LogP contribution in [0.4, 0.5) is 0 Å². The van der Waals surface area contributed by atoms with E-state index < -0.39 is 0 Å². The molecule has 3 heteroatoms. The van der Waals surface area contributed by atoms with Crippen LogP contribution in [-0.4, -0.2) is 49.8 Å². The third-order valence-corrected chi connectivity index (χ3v) is 3.70. The minimum Gasteiger partial charge on any atom is -0.380 e. The number of nitrogens with zero attached hydrogens (tertiary/aromatic N) is 1. The highest BCUT2D eigenvalue weighted by molar-refractivity contribution is 4.91. The lowest BCUT2D eigenvalue weighted by atomic mass is 9.93. The second-order valence-corrected chi connectivity index (χ2v) is 4.97. The summed E-state index contributed by atoms with van der Waals surface area (Å²) in [6.07, 6.45) is 2.71. The van der Waals surface area contributed by atoms with Crippen LogP contribution < -0.4 is 5.32 Å². The van der Waals surface area contributed by atoms with Crippen LogP contribution in [-0.2, 0) is 4.74 Å². The monoisotopic (exact) mass is 212 g/mol. The molecule has 2 aliphatic rings. The lowest BCUT2D eigenvalue weighted by Gasteiger charge is -2.33. The van der Waals surface area contributed by atoms with Gasteiger partial charge in [-0.1, -0.05) is 0 Å². The summed E-state index contributed by atoms with van der Waals surface area (Å²) < 4.78 is 5.44. The zero-order valence-electron chi connectivity index (χ0n) is 10.0. The summed E-state index contributed by atoms with van der Waals surface area (Å²) in [6.45, 7) is 9.90. The van der Waals surface area contributed by atoms with E-state index in [1.54, 1.807) is 0 Å². The molecule has 0 aromatic carbocycles. The van der Waals surface area contributed by atoms with Gasteiger partial charge in [-0.25, -0.2) is 0 Å². The van der Waals surface area contributed by atoms with Crippen molar-refractivity contribution < 1.29 is 4.74 Å². The van der Waals surface area contributed by atoms with E-state index in [1.165, 1.54) is 32.5 Å². The van der Waals surface area contributed by atoms with Gasteiger partial charge in [0.05, 0.1) is 6.61 Å². The Morgan fingerprint density at radius 2 is 2.20 bits per heavy atom. The van der Waals surface area contributed by atoms with E-state index in [0.717, 1.165) is 25.2 Å². The normalized spacial score (nSPS) is 36.8. The van der Waals surface area contributed by atoms with Crippen LogP contribution >= 0.6 is 0 Å². The van der Waals surface area contributed by atoms with E-state index in [1.807, 2.05) is 0 Å². The molecule has 0 radical (unpaired) electrons. The van der Waals surface area contributed by atoms with Crippen molar-refractivity contribution >= 4 is 0 Å². The lowest BCUT2D eigenvalue weighted by Crippen LogP contribution is -2.48. The van der Waals surface area contributed by atoms with Crippen molar-refractivity contribution in [1.82, 2.24) is 10.2 Å². The molecular formula is C12H24N2O. The number of hydrogen-bond acceptors (Lipinski definition) is 3. The Kier molecular flexibility index (Phi) is 4.00. The maximum Gasteiger partial charge on any atom is 0.0616 e. The highest BCUT2D eigenvalue weighted by Gasteiger charge is 2.34. The van der Waals surface area contributed by atoms with Crippen LogP contribution in [0.1, 0.15) is 26.7 Å². The Labute approximate surface area is 93.2 Å². The van der Waals surface area contributed by atoms with E-state index in [2.05, 4.69) is 24.1 Å². The van der Waals surface area contributed by atoms with Gasteiger partial charge in [-0.05, 0) is 45.7 Å². The van der Waals surface area contributed by atoms with Gasteiger partial charge in [0.2, 0.25) is 0 Å². The Hall–Kier alpha value is -0.120. The van der Waals surface area contributed by atoms with Crippen molar-refractivity contribution in [2.45, 2.75) is 38.8 Å². The molecule has 4 unspecified atom stereocenters. The highest BCUT2D eigenvalue weighted by atomic mass is 16.5. The fourth-order valence-electron chi connectivity index (χ4n) is 2.88.